The van der Waals surface area contributed by atoms with E-state index in [4.69, 9.17) is 5.11 Å². The highest BCUT2D eigenvalue weighted by atomic mass is 16.4. The zero-order valence-electron chi connectivity index (χ0n) is 14.6. The summed E-state index contributed by atoms with van der Waals surface area (Å²) < 4.78 is 0. The molecule has 2 N–H and O–H groups in total. The molecule has 4 nitrogen and oxygen atoms in total. The van der Waals surface area contributed by atoms with E-state index in [0.29, 0.717) is 19.3 Å². The molecule has 0 fully saturated rings. The van der Waals surface area contributed by atoms with Crippen LogP contribution in [0.5, 0.6) is 0 Å². The van der Waals surface area contributed by atoms with Gasteiger partial charge >= 0.3 is 5.97 Å². The van der Waals surface area contributed by atoms with E-state index in [-0.39, 0.29) is 24.0 Å². The average Bonchev–Trinajstić information content (AvgIpc) is 2.89. The third-order valence-corrected chi connectivity index (χ3v) is 4.28. The van der Waals surface area contributed by atoms with E-state index in [2.05, 4.69) is 6.92 Å². The van der Waals surface area contributed by atoms with Crippen LogP contribution in [0.1, 0.15) is 58.3 Å². The van der Waals surface area contributed by atoms with Crippen LogP contribution in [0.3, 0.4) is 0 Å². The van der Waals surface area contributed by atoms with Gasteiger partial charge in [0.2, 0.25) is 0 Å². The molecule has 24 heavy (non-hydrogen) atoms. The number of allylic oxidation sites excluding steroid dienone is 4. The Morgan fingerprint density at radius 2 is 2.08 bits per heavy atom. The van der Waals surface area contributed by atoms with E-state index in [0.717, 1.165) is 12.8 Å². The van der Waals surface area contributed by atoms with Crippen molar-refractivity contribution in [2.75, 3.05) is 0 Å². The molecule has 1 aliphatic rings. The fourth-order valence-electron chi connectivity index (χ4n) is 2.85. The van der Waals surface area contributed by atoms with Crippen LogP contribution < -0.4 is 0 Å². The van der Waals surface area contributed by atoms with E-state index in [1.54, 1.807) is 12.2 Å². The normalized spacial score (nSPS) is 22.0. The number of ketones is 1. The number of aliphatic carboxylic acids is 1. The van der Waals surface area contributed by atoms with Gasteiger partial charge in [0.05, 0.1) is 6.10 Å². The van der Waals surface area contributed by atoms with Crippen molar-refractivity contribution in [2.24, 2.45) is 11.8 Å². The Bertz CT molecular complexity index is 476. The van der Waals surface area contributed by atoms with E-state index < -0.39 is 12.1 Å². The number of aliphatic hydroxyl groups excluding tert-OH is 1. The molecule has 0 bridgehead atoms. The van der Waals surface area contributed by atoms with Gasteiger partial charge in [-0.2, -0.15) is 0 Å². The zero-order chi connectivity index (χ0) is 17.8. The number of carboxylic acid groups (broad SMARTS) is 1. The molecule has 0 aromatic rings. The van der Waals surface area contributed by atoms with Gasteiger partial charge in [-0.3, -0.25) is 9.59 Å². The highest BCUT2D eigenvalue weighted by Crippen LogP contribution is 2.28. The Balaban J connectivity index is 2.33. The van der Waals surface area contributed by atoms with Crippen LogP contribution in [0.25, 0.3) is 0 Å². The topological polar surface area (TPSA) is 74.6 Å². The summed E-state index contributed by atoms with van der Waals surface area (Å²) in [4.78, 5) is 22.3. The minimum Gasteiger partial charge on any atom is -0.481 e. The minimum absolute atomic E-state index is 0.129. The summed E-state index contributed by atoms with van der Waals surface area (Å²) in [5.41, 5.74) is 0. The molecule has 0 radical (unpaired) electrons. The SMILES string of the molecule is CCCCC[C@@H]1C=CC(=O)[C@H]1/C=C/[C@H](O)C/C=C\CCCC(=O)O. The molecule has 1 rings (SSSR count). The first kappa shape index (κ1) is 20.4. The fraction of sp³-hybridized carbons (Fsp3) is 0.600. The number of hydrogen-bond acceptors (Lipinski definition) is 3. The summed E-state index contributed by atoms with van der Waals surface area (Å²) in [7, 11) is 0. The van der Waals surface area contributed by atoms with Gasteiger partial charge in [-0.15, -0.1) is 0 Å². The average molecular weight is 334 g/mol. The van der Waals surface area contributed by atoms with Gasteiger partial charge in [-0.25, -0.2) is 0 Å². The highest BCUT2D eigenvalue weighted by molar-refractivity contribution is 5.95. The molecule has 0 saturated heterocycles. The van der Waals surface area contributed by atoms with E-state index in [1.165, 1.54) is 12.8 Å². The molecule has 0 aromatic heterocycles. The van der Waals surface area contributed by atoms with Crippen LogP contribution in [0.2, 0.25) is 0 Å². The van der Waals surface area contributed by atoms with Gasteiger partial charge in [0.1, 0.15) is 0 Å². The Hall–Kier alpha value is -1.68. The number of carbonyl (C=O) groups excluding carboxylic acids is 1. The molecular weight excluding hydrogens is 304 g/mol. The van der Waals surface area contributed by atoms with E-state index >= 15 is 0 Å². The number of carbonyl (C=O) groups is 2. The first-order valence-electron chi connectivity index (χ1n) is 8.99. The second-order valence-electron chi connectivity index (χ2n) is 6.39. The molecule has 0 aliphatic heterocycles. The van der Waals surface area contributed by atoms with Crippen molar-refractivity contribution < 1.29 is 19.8 Å². The Kier molecular flexibility index (Phi) is 10.0. The molecule has 0 spiro atoms. The first-order valence-corrected chi connectivity index (χ1v) is 8.99. The molecule has 0 aromatic carbocycles. The van der Waals surface area contributed by atoms with Crippen molar-refractivity contribution in [1.82, 2.24) is 0 Å². The Morgan fingerprint density at radius 1 is 1.29 bits per heavy atom. The summed E-state index contributed by atoms with van der Waals surface area (Å²) in [6.07, 6.45) is 16.9. The number of rotatable bonds is 12. The molecule has 0 unspecified atom stereocenters. The molecular formula is C20H30O4. The van der Waals surface area contributed by atoms with Gasteiger partial charge in [0.15, 0.2) is 5.78 Å². The van der Waals surface area contributed by atoms with E-state index in [1.807, 2.05) is 24.3 Å². The molecule has 0 heterocycles. The summed E-state index contributed by atoms with van der Waals surface area (Å²) in [6, 6.07) is 0. The van der Waals surface area contributed by atoms with Crippen molar-refractivity contribution in [3.8, 4) is 0 Å². The Labute approximate surface area is 145 Å². The smallest absolute Gasteiger partial charge is 0.303 e. The van der Waals surface area contributed by atoms with Crippen molar-refractivity contribution >= 4 is 11.8 Å². The standard InChI is InChI=1S/C20H30O4/c1-2-3-6-9-16-12-15-19(22)18(16)14-13-17(21)10-7-4-5-8-11-20(23)24/h4,7,12-18,21H,2-3,5-6,8-11H2,1H3,(H,23,24)/b7-4-,14-13+/t16-,17-,18+/m1/s1. The van der Waals surface area contributed by atoms with E-state index in [9.17, 15) is 14.7 Å². The minimum atomic E-state index is -0.783. The molecule has 0 amide bonds. The monoisotopic (exact) mass is 334 g/mol. The van der Waals surface area contributed by atoms with Gasteiger partial charge in [0.25, 0.3) is 0 Å². The summed E-state index contributed by atoms with van der Waals surface area (Å²) in [5, 5.41) is 18.5. The Morgan fingerprint density at radius 3 is 2.79 bits per heavy atom. The number of hydrogen-bond donors (Lipinski definition) is 2. The third-order valence-electron chi connectivity index (χ3n) is 4.28. The predicted octanol–water partition coefficient (Wildman–Crippen LogP) is 4.06. The lowest BCUT2D eigenvalue weighted by Crippen LogP contribution is -2.14. The summed E-state index contributed by atoms with van der Waals surface area (Å²) in [6.45, 7) is 2.17. The summed E-state index contributed by atoms with van der Waals surface area (Å²) >= 11 is 0. The third kappa shape index (κ3) is 8.25. The quantitative estimate of drug-likeness (QED) is 0.417. The van der Waals surface area contributed by atoms with Crippen LogP contribution in [0.15, 0.2) is 36.5 Å². The highest BCUT2D eigenvalue weighted by Gasteiger charge is 2.27. The second-order valence-corrected chi connectivity index (χ2v) is 6.39. The lowest BCUT2D eigenvalue weighted by Gasteiger charge is -2.14. The largest absolute Gasteiger partial charge is 0.481 e. The van der Waals surface area contributed by atoms with Gasteiger partial charge < -0.3 is 10.2 Å². The number of aliphatic hydroxyl groups is 1. The molecule has 3 atom stereocenters. The molecule has 1 aliphatic carbocycles. The van der Waals surface area contributed by atoms with Crippen LogP contribution in [-0.2, 0) is 9.59 Å². The zero-order valence-corrected chi connectivity index (χ0v) is 14.6. The van der Waals surface area contributed by atoms with Gasteiger partial charge in [0, 0.05) is 12.3 Å². The van der Waals surface area contributed by atoms with Crippen LogP contribution in [-0.4, -0.2) is 28.1 Å². The molecule has 134 valence electrons. The summed E-state index contributed by atoms with van der Waals surface area (Å²) in [5.74, 6) is -0.519. The molecule has 0 saturated carbocycles. The fourth-order valence-corrected chi connectivity index (χ4v) is 2.85. The van der Waals surface area contributed by atoms with Crippen molar-refractivity contribution in [3.63, 3.8) is 0 Å². The lowest BCUT2D eigenvalue weighted by molar-refractivity contribution is -0.137. The first-order chi connectivity index (χ1) is 11.5. The maximum atomic E-state index is 11.9. The van der Waals surface area contributed by atoms with Gasteiger partial charge in [-0.1, -0.05) is 56.6 Å². The predicted molar refractivity (Wildman–Crippen MR) is 95.7 cm³/mol. The van der Waals surface area contributed by atoms with Crippen LogP contribution >= 0.6 is 0 Å². The van der Waals surface area contributed by atoms with Crippen molar-refractivity contribution in [3.05, 3.63) is 36.5 Å². The molecule has 4 heteroatoms. The second kappa shape index (κ2) is 11.8. The van der Waals surface area contributed by atoms with Crippen LogP contribution in [0, 0.1) is 11.8 Å². The number of unbranched alkanes of at least 4 members (excludes halogenated alkanes) is 3. The maximum Gasteiger partial charge on any atom is 0.303 e. The van der Waals surface area contributed by atoms with Crippen molar-refractivity contribution in [2.45, 2.75) is 64.4 Å². The van der Waals surface area contributed by atoms with Crippen molar-refractivity contribution in [1.29, 1.82) is 0 Å². The maximum absolute atomic E-state index is 11.9. The lowest BCUT2D eigenvalue weighted by atomic mass is 9.89. The number of carboxylic acids is 1. The van der Waals surface area contributed by atoms with Crippen LogP contribution in [0.4, 0.5) is 0 Å². The van der Waals surface area contributed by atoms with Gasteiger partial charge in [-0.05, 0) is 37.7 Å².